The zero-order valence-electron chi connectivity index (χ0n) is 15.8. The number of amides is 1. The van der Waals surface area contributed by atoms with Gasteiger partial charge in [0.25, 0.3) is 5.91 Å². The van der Waals surface area contributed by atoms with Gasteiger partial charge in [-0.3, -0.25) is 9.59 Å². The fraction of sp³-hybridized carbons (Fsp3) is 0.227. The zero-order valence-corrected chi connectivity index (χ0v) is 16.6. The highest BCUT2D eigenvalue weighted by Crippen LogP contribution is 2.18. The number of benzene rings is 2. The molecule has 150 valence electrons. The van der Waals surface area contributed by atoms with E-state index >= 15 is 0 Å². The lowest BCUT2D eigenvalue weighted by Gasteiger charge is -2.14. The van der Waals surface area contributed by atoms with Crippen molar-refractivity contribution in [3.8, 4) is 0 Å². The highest BCUT2D eigenvalue weighted by molar-refractivity contribution is 6.31. The molecule has 0 saturated heterocycles. The van der Waals surface area contributed by atoms with Crippen LogP contribution in [0.4, 0.5) is 0 Å². The molecule has 0 aliphatic rings. The second-order valence-corrected chi connectivity index (χ2v) is 7.12. The van der Waals surface area contributed by atoms with Gasteiger partial charge in [-0.2, -0.15) is 0 Å². The lowest BCUT2D eigenvalue weighted by molar-refractivity contribution is -0.124. The average Bonchev–Trinajstić information content (AvgIpc) is 2.71. The number of hydrogen-bond donors (Lipinski definition) is 1. The fourth-order valence-corrected chi connectivity index (χ4v) is 3.02. The van der Waals surface area contributed by atoms with Gasteiger partial charge in [-0.15, -0.1) is 0 Å². The summed E-state index contributed by atoms with van der Waals surface area (Å²) in [5.41, 5.74) is 0.986. The van der Waals surface area contributed by atoms with Gasteiger partial charge in [-0.25, -0.2) is 4.79 Å². The minimum absolute atomic E-state index is 0.0789. The van der Waals surface area contributed by atoms with Crippen LogP contribution in [0.15, 0.2) is 63.8 Å². The second-order valence-electron chi connectivity index (χ2n) is 6.68. The largest absolute Gasteiger partial charge is 0.450 e. The van der Waals surface area contributed by atoms with Crippen molar-refractivity contribution in [1.29, 1.82) is 0 Å². The molecule has 0 bridgehead atoms. The molecule has 1 heterocycles. The van der Waals surface area contributed by atoms with E-state index in [2.05, 4.69) is 5.32 Å². The summed E-state index contributed by atoms with van der Waals surface area (Å²) in [6, 6.07) is 15.4. The fourth-order valence-electron chi connectivity index (χ4n) is 2.85. The van der Waals surface area contributed by atoms with Gasteiger partial charge in [0.15, 0.2) is 12.0 Å². The van der Waals surface area contributed by atoms with Gasteiger partial charge in [0.1, 0.15) is 5.58 Å². The lowest BCUT2D eigenvalue weighted by atomic mass is 10.1. The Morgan fingerprint density at radius 1 is 1.14 bits per heavy atom. The third-order valence-corrected chi connectivity index (χ3v) is 4.58. The van der Waals surface area contributed by atoms with Crippen LogP contribution in [0.25, 0.3) is 11.0 Å². The Bertz CT molecular complexity index is 1080. The van der Waals surface area contributed by atoms with E-state index in [-0.39, 0.29) is 22.8 Å². The lowest BCUT2D eigenvalue weighted by Crippen LogP contribution is -2.36. The van der Waals surface area contributed by atoms with Crippen molar-refractivity contribution < 1.29 is 18.7 Å². The van der Waals surface area contributed by atoms with Crippen LogP contribution in [0.1, 0.15) is 29.5 Å². The van der Waals surface area contributed by atoms with Crippen molar-refractivity contribution in [2.45, 2.75) is 25.8 Å². The van der Waals surface area contributed by atoms with Crippen molar-refractivity contribution in [3.05, 3.63) is 81.2 Å². The third kappa shape index (κ3) is 5.68. The molecular formula is C22H20ClNO5. The number of fused-ring (bicyclic) bond motifs is 1. The second kappa shape index (κ2) is 9.39. The first-order chi connectivity index (χ1) is 13.9. The summed E-state index contributed by atoms with van der Waals surface area (Å²) < 4.78 is 10.4. The van der Waals surface area contributed by atoms with Crippen LogP contribution in [0.3, 0.4) is 0 Å². The molecular weight excluding hydrogens is 394 g/mol. The Labute approximate surface area is 172 Å². The molecule has 1 N–H and O–H groups in total. The molecule has 29 heavy (non-hydrogen) atoms. The molecule has 0 aliphatic heterocycles. The molecule has 0 radical (unpaired) electrons. The van der Waals surface area contributed by atoms with Gasteiger partial charge in [0.2, 0.25) is 5.76 Å². The number of halogens is 1. The Morgan fingerprint density at radius 2 is 1.90 bits per heavy atom. The van der Waals surface area contributed by atoms with Crippen molar-refractivity contribution in [1.82, 2.24) is 5.32 Å². The topological polar surface area (TPSA) is 85.6 Å². The third-order valence-electron chi connectivity index (χ3n) is 4.34. The molecule has 3 rings (SSSR count). The normalized spacial score (nSPS) is 11.8. The van der Waals surface area contributed by atoms with Crippen LogP contribution in [0.5, 0.6) is 0 Å². The molecule has 1 aromatic heterocycles. The van der Waals surface area contributed by atoms with E-state index in [9.17, 15) is 14.4 Å². The van der Waals surface area contributed by atoms with Crippen LogP contribution in [-0.4, -0.2) is 24.5 Å². The molecule has 2 aromatic carbocycles. The molecule has 0 saturated carbocycles. The molecule has 7 heteroatoms. The summed E-state index contributed by atoms with van der Waals surface area (Å²) in [6.07, 6.45) is 1.58. The summed E-state index contributed by atoms with van der Waals surface area (Å²) in [5, 5.41) is 3.43. The monoisotopic (exact) mass is 413 g/mol. The zero-order chi connectivity index (χ0) is 20.8. The minimum atomic E-state index is -0.883. The number of carbonyl (C=O) groups excluding carboxylic acids is 2. The number of carbonyl (C=O) groups is 2. The van der Waals surface area contributed by atoms with Crippen molar-refractivity contribution in [2.75, 3.05) is 6.61 Å². The quantitative estimate of drug-likeness (QED) is 0.596. The first-order valence-corrected chi connectivity index (χ1v) is 9.54. The van der Waals surface area contributed by atoms with E-state index in [1.165, 1.54) is 17.7 Å². The maximum atomic E-state index is 12.1. The number of rotatable bonds is 7. The summed E-state index contributed by atoms with van der Waals surface area (Å²) >= 11 is 5.86. The van der Waals surface area contributed by atoms with E-state index in [4.69, 9.17) is 20.8 Å². The first-order valence-electron chi connectivity index (χ1n) is 9.16. The molecule has 6 nitrogen and oxygen atoms in total. The minimum Gasteiger partial charge on any atom is -0.450 e. The Balaban J connectivity index is 1.52. The van der Waals surface area contributed by atoms with Crippen LogP contribution in [0, 0.1) is 0 Å². The molecule has 0 unspecified atom stereocenters. The highest BCUT2D eigenvalue weighted by atomic mass is 35.5. The smallest absolute Gasteiger partial charge is 0.374 e. The van der Waals surface area contributed by atoms with E-state index in [0.29, 0.717) is 5.02 Å². The van der Waals surface area contributed by atoms with Gasteiger partial charge in [0.05, 0.1) is 5.39 Å². The summed E-state index contributed by atoms with van der Waals surface area (Å²) in [6.45, 7) is 1.42. The van der Waals surface area contributed by atoms with Crippen molar-refractivity contribution in [2.24, 2.45) is 0 Å². The van der Waals surface area contributed by atoms with Gasteiger partial charge in [0, 0.05) is 17.1 Å². The SMILES string of the molecule is C[C@@H](CCc1ccccc1)NC(=O)COC(=O)c1cc(=O)c2cc(Cl)ccc2o1. The summed E-state index contributed by atoms with van der Waals surface area (Å²) in [7, 11) is 0. The van der Waals surface area contributed by atoms with E-state index in [1.807, 2.05) is 37.3 Å². The number of hydrogen-bond acceptors (Lipinski definition) is 5. The highest BCUT2D eigenvalue weighted by Gasteiger charge is 2.16. The van der Waals surface area contributed by atoms with Gasteiger partial charge >= 0.3 is 5.97 Å². The van der Waals surface area contributed by atoms with Crippen molar-refractivity contribution >= 4 is 34.4 Å². The first kappa shape index (κ1) is 20.6. The van der Waals surface area contributed by atoms with Gasteiger partial charge in [-0.1, -0.05) is 41.9 Å². The Morgan fingerprint density at radius 3 is 2.66 bits per heavy atom. The maximum absolute atomic E-state index is 12.1. The average molecular weight is 414 g/mol. The molecule has 0 fully saturated rings. The standard InChI is InChI=1S/C22H20ClNO5/c1-14(7-8-15-5-3-2-4-6-15)24-21(26)13-28-22(27)20-12-18(25)17-11-16(23)9-10-19(17)29-20/h2-6,9-12,14H,7-8,13H2,1H3,(H,24,26)/t14-/m0/s1. The predicted octanol–water partition coefficient (Wildman–Crippen LogP) is 3.74. The van der Waals surface area contributed by atoms with Gasteiger partial charge in [-0.05, 0) is 43.5 Å². The summed E-state index contributed by atoms with van der Waals surface area (Å²) in [4.78, 5) is 36.3. The molecule has 1 atom stereocenters. The number of esters is 1. The predicted molar refractivity (Wildman–Crippen MR) is 110 cm³/mol. The van der Waals surface area contributed by atoms with Crippen LogP contribution in [0.2, 0.25) is 5.02 Å². The van der Waals surface area contributed by atoms with Gasteiger partial charge < -0.3 is 14.5 Å². The Kier molecular flexibility index (Phi) is 6.67. The van der Waals surface area contributed by atoms with Crippen LogP contribution in [-0.2, 0) is 16.0 Å². The van der Waals surface area contributed by atoms with Crippen LogP contribution >= 0.6 is 11.6 Å². The number of nitrogens with one attached hydrogen (secondary N) is 1. The maximum Gasteiger partial charge on any atom is 0.374 e. The molecule has 0 aliphatic carbocycles. The molecule has 1 amide bonds. The molecule has 0 spiro atoms. The summed E-state index contributed by atoms with van der Waals surface area (Å²) in [5.74, 6) is -1.57. The van der Waals surface area contributed by atoms with E-state index in [1.54, 1.807) is 6.07 Å². The van der Waals surface area contributed by atoms with E-state index < -0.39 is 23.9 Å². The van der Waals surface area contributed by atoms with E-state index in [0.717, 1.165) is 18.9 Å². The molecule has 3 aromatic rings. The van der Waals surface area contributed by atoms with Crippen LogP contribution < -0.4 is 10.7 Å². The Hall–Kier alpha value is -3.12. The van der Waals surface area contributed by atoms with Crippen molar-refractivity contribution in [3.63, 3.8) is 0 Å². The number of aryl methyl sites for hydroxylation is 1. The number of ether oxygens (including phenoxy) is 1.